The molecule has 0 saturated carbocycles. The summed E-state index contributed by atoms with van der Waals surface area (Å²) in [4.78, 5) is 27.5. The number of ketones is 1. The van der Waals surface area contributed by atoms with Crippen molar-refractivity contribution in [1.29, 1.82) is 0 Å². The van der Waals surface area contributed by atoms with Gasteiger partial charge in [-0.1, -0.05) is 6.07 Å². The minimum Gasteiger partial charge on any atom is -0.465 e. The topological polar surface area (TPSA) is 68.5 Å². The first kappa shape index (κ1) is 19.7. The molecule has 6 heteroatoms. The SMILES string of the molecule is CC1=C(C(=O)OC(C)C)[C@H](c2ccc(C)o2)C2=C(C[C@@H](c3cccs3)CC2=O)N1. The standard InChI is InChI=1S/C23H25NO4S/c1-12(2)27-23(26)20-14(4)24-16-10-15(19-6-5-9-29-19)11-17(25)21(16)22(20)18-8-7-13(3)28-18/h5-9,12,15,22,24H,10-11H2,1-4H3/t15-,22+/m1/s1. The molecule has 1 N–H and O–H groups in total. The van der Waals surface area contributed by atoms with Gasteiger partial charge in [0.05, 0.1) is 17.6 Å². The Morgan fingerprint density at radius 2 is 2.03 bits per heavy atom. The van der Waals surface area contributed by atoms with Crippen LogP contribution in [-0.4, -0.2) is 17.9 Å². The van der Waals surface area contributed by atoms with Gasteiger partial charge < -0.3 is 14.5 Å². The Labute approximate surface area is 174 Å². The van der Waals surface area contributed by atoms with Crippen molar-refractivity contribution in [3.8, 4) is 0 Å². The van der Waals surface area contributed by atoms with Crippen LogP contribution in [-0.2, 0) is 14.3 Å². The first-order chi connectivity index (χ1) is 13.8. The number of rotatable bonds is 4. The minimum atomic E-state index is -0.539. The van der Waals surface area contributed by atoms with E-state index in [0.29, 0.717) is 29.0 Å². The zero-order valence-electron chi connectivity index (χ0n) is 17.1. The third-order valence-electron chi connectivity index (χ3n) is 5.38. The number of carbonyl (C=O) groups is 2. The fourth-order valence-corrected chi connectivity index (χ4v) is 5.04. The van der Waals surface area contributed by atoms with E-state index in [2.05, 4.69) is 11.4 Å². The number of allylic oxidation sites excluding steroid dienone is 3. The van der Waals surface area contributed by atoms with Gasteiger partial charge in [-0.25, -0.2) is 4.79 Å². The molecule has 2 aromatic rings. The number of nitrogens with one attached hydrogen (secondary N) is 1. The van der Waals surface area contributed by atoms with Gasteiger partial charge in [-0.2, -0.15) is 0 Å². The summed E-state index contributed by atoms with van der Waals surface area (Å²) in [5, 5.41) is 5.39. The Balaban J connectivity index is 1.79. The fraction of sp³-hybridized carbons (Fsp3) is 0.391. The molecule has 0 unspecified atom stereocenters. The lowest BCUT2D eigenvalue weighted by Crippen LogP contribution is -2.36. The van der Waals surface area contributed by atoms with Crippen molar-refractivity contribution in [1.82, 2.24) is 5.32 Å². The molecule has 0 aromatic carbocycles. The van der Waals surface area contributed by atoms with Gasteiger partial charge in [-0.05, 0) is 57.7 Å². The van der Waals surface area contributed by atoms with Gasteiger partial charge in [-0.15, -0.1) is 11.3 Å². The molecule has 0 spiro atoms. The Morgan fingerprint density at radius 3 is 2.66 bits per heavy atom. The molecule has 1 aliphatic carbocycles. The number of aryl methyl sites for hydroxylation is 1. The molecule has 1 aliphatic heterocycles. The van der Waals surface area contributed by atoms with Crippen molar-refractivity contribution in [2.75, 3.05) is 0 Å². The van der Waals surface area contributed by atoms with E-state index < -0.39 is 11.9 Å². The van der Waals surface area contributed by atoms with Gasteiger partial charge in [0.1, 0.15) is 11.5 Å². The number of Topliss-reactive ketones (excluding diaryl/α,β-unsaturated/α-hetero) is 1. The second kappa shape index (κ2) is 7.67. The predicted octanol–water partition coefficient (Wildman–Crippen LogP) is 4.96. The van der Waals surface area contributed by atoms with Crippen LogP contribution in [0.5, 0.6) is 0 Å². The predicted molar refractivity (Wildman–Crippen MR) is 112 cm³/mol. The summed E-state index contributed by atoms with van der Waals surface area (Å²) in [7, 11) is 0. The quantitative estimate of drug-likeness (QED) is 0.720. The number of dihydropyridines is 1. The zero-order chi connectivity index (χ0) is 20.7. The largest absolute Gasteiger partial charge is 0.465 e. The van der Waals surface area contributed by atoms with E-state index in [1.54, 1.807) is 11.3 Å². The van der Waals surface area contributed by atoms with Crippen LogP contribution in [0.3, 0.4) is 0 Å². The van der Waals surface area contributed by atoms with E-state index in [9.17, 15) is 9.59 Å². The smallest absolute Gasteiger partial charge is 0.337 e. The molecule has 4 rings (SSSR count). The Kier molecular flexibility index (Phi) is 5.21. The highest BCUT2D eigenvalue weighted by atomic mass is 32.1. The highest BCUT2D eigenvalue weighted by molar-refractivity contribution is 7.10. The number of ether oxygens (including phenoxy) is 1. The minimum absolute atomic E-state index is 0.0542. The maximum atomic E-state index is 13.3. The van der Waals surface area contributed by atoms with Gasteiger partial charge in [0.25, 0.3) is 0 Å². The first-order valence-electron chi connectivity index (χ1n) is 9.90. The number of carbonyl (C=O) groups excluding carboxylic acids is 2. The number of thiophene rings is 1. The summed E-state index contributed by atoms with van der Waals surface area (Å²) in [5.74, 6) is 0.610. The normalized spacial score (nSPS) is 22.0. The van der Waals surface area contributed by atoms with Crippen LogP contribution in [0.1, 0.15) is 61.8 Å². The molecule has 0 bridgehead atoms. The highest BCUT2D eigenvalue weighted by Gasteiger charge is 2.43. The molecule has 0 amide bonds. The van der Waals surface area contributed by atoms with E-state index in [1.807, 2.05) is 51.3 Å². The summed E-state index contributed by atoms with van der Waals surface area (Å²) in [6, 6.07) is 7.81. The maximum absolute atomic E-state index is 13.3. The summed E-state index contributed by atoms with van der Waals surface area (Å²) in [5.41, 5.74) is 2.69. The molecular weight excluding hydrogens is 386 g/mol. The van der Waals surface area contributed by atoms with Crippen molar-refractivity contribution in [3.05, 3.63) is 68.6 Å². The highest BCUT2D eigenvalue weighted by Crippen LogP contribution is 2.46. The van der Waals surface area contributed by atoms with Crippen molar-refractivity contribution in [2.45, 2.75) is 58.5 Å². The third-order valence-corrected chi connectivity index (χ3v) is 6.42. The van der Waals surface area contributed by atoms with E-state index in [4.69, 9.17) is 9.15 Å². The number of esters is 1. The second-order valence-corrected chi connectivity index (χ2v) is 8.91. The van der Waals surface area contributed by atoms with Crippen LogP contribution in [0, 0.1) is 6.92 Å². The van der Waals surface area contributed by atoms with Crippen LogP contribution < -0.4 is 5.32 Å². The lowest BCUT2D eigenvalue weighted by atomic mass is 9.74. The molecule has 0 fully saturated rings. The average molecular weight is 412 g/mol. The lowest BCUT2D eigenvalue weighted by molar-refractivity contribution is -0.143. The number of furan rings is 1. The Morgan fingerprint density at radius 1 is 1.24 bits per heavy atom. The first-order valence-corrected chi connectivity index (χ1v) is 10.8. The van der Waals surface area contributed by atoms with E-state index >= 15 is 0 Å². The number of hydrogen-bond donors (Lipinski definition) is 1. The second-order valence-electron chi connectivity index (χ2n) is 7.94. The summed E-state index contributed by atoms with van der Waals surface area (Å²) >= 11 is 1.68. The fourth-order valence-electron chi connectivity index (χ4n) is 4.21. The van der Waals surface area contributed by atoms with Crippen molar-refractivity contribution < 1.29 is 18.7 Å². The average Bonchev–Trinajstić information content (AvgIpc) is 3.31. The molecule has 29 heavy (non-hydrogen) atoms. The monoisotopic (exact) mass is 411 g/mol. The molecular formula is C23H25NO4S. The number of hydrogen-bond acceptors (Lipinski definition) is 6. The van der Waals surface area contributed by atoms with Crippen LogP contribution in [0.15, 0.2) is 56.6 Å². The summed E-state index contributed by atoms with van der Waals surface area (Å²) in [6.07, 6.45) is 0.923. The lowest BCUT2D eigenvalue weighted by Gasteiger charge is -2.35. The van der Waals surface area contributed by atoms with Gasteiger partial charge in [0.15, 0.2) is 5.78 Å². The molecule has 2 aliphatic rings. The molecule has 3 heterocycles. The van der Waals surface area contributed by atoms with Crippen molar-refractivity contribution in [3.63, 3.8) is 0 Å². The Hall–Kier alpha value is -2.60. The summed E-state index contributed by atoms with van der Waals surface area (Å²) in [6.45, 7) is 7.36. The van der Waals surface area contributed by atoms with Crippen LogP contribution in [0.2, 0.25) is 0 Å². The molecule has 5 nitrogen and oxygen atoms in total. The summed E-state index contributed by atoms with van der Waals surface area (Å²) < 4.78 is 11.4. The van der Waals surface area contributed by atoms with Gasteiger partial charge in [0.2, 0.25) is 0 Å². The van der Waals surface area contributed by atoms with Crippen molar-refractivity contribution in [2.24, 2.45) is 0 Å². The molecule has 152 valence electrons. The third kappa shape index (κ3) is 3.69. The van der Waals surface area contributed by atoms with Crippen molar-refractivity contribution >= 4 is 23.1 Å². The van der Waals surface area contributed by atoms with Gasteiger partial charge in [-0.3, -0.25) is 4.79 Å². The molecule has 0 saturated heterocycles. The zero-order valence-corrected chi connectivity index (χ0v) is 17.9. The molecule has 2 aromatic heterocycles. The van der Waals surface area contributed by atoms with Gasteiger partial charge >= 0.3 is 5.97 Å². The van der Waals surface area contributed by atoms with E-state index in [0.717, 1.165) is 17.9 Å². The van der Waals surface area contributed by atoms with Crippen LogP contribution >= 0.6 is 11.3 Å². The van der Waals surface area contributed by atoms with E-state index in [-0.39, 0.29) is 17.8 Å². The van der Waals surface area contributed by atoms with E-state index in [1.165, 1.54) is 4.88 Å². The van der Waals surface area contributed by atoms with Crippen LogP contribution in [0.4, 0.5) is 0 Å². The maximum Gasteiger partial charge on any atom is 0.337 e. The van der Waals surface area contributed by atoms with Crippen LogP contribution in [0.25, 0.3) is 0 Å². The molecule has 2 atom stereocenters. The molecule has 0 radical (unpaired) electrons. The van der Waals surface area contributed by atoms with Gasteiger partial charge in [0, 0.05) is 34.2 Å². The Bertz CT molecular complexity index is 1010.